The fraction of sp³-hybridized carbons (Fsp3) is 0.400. The van der Waals surface area contributed by atoms with Crippen molar-refractivity contribution in [2.75, 3.05) is 0 Å². The molecule has 8 fully saturated rings. The Morgan fingerprint density at radius 3 is 0.574 bits per heavy atom. The molecule has 8 bridgehead atoms. The number of benzene rings is 5. The Kier molecular flexibility index (Phi) is 19.7. The maximum absolute atomic E-state index is 3.97. The molecule has 0 saturated heterocycles. The molecule has 0 amide bonds. The third-order valence-electron chi connectivity index (χ3n) is 14.5. The lowest BCUT2D eigenvalue weighted by Crippen LogP contribution is -2.67. The maximum atomic E-state index is 3.97. The normalized spacial score (nSPS) is 33.4. The number of hydrogen-bond acceptors (Lipinski definition) is 0. The van der Waals surface area contributed by atoms with E-state index in [2.05, 4.69) is 338 Å². The predicted molar refractivity (Wildman–Crippen MR) is 350 cm³/mol. The first-order valence-electron chi connectivity index (χ1n) is 21.5. The van der Waals surface area contributed by atoms with E-state index in [0.717, 1.165) is 83.3 Å². The van der Waals surface area contributed by atoms with Gasteiger partial charge in [-0.05, 0) is 212 Å². The molecule has 0 aromatic heterocycles. The number of alkyl halides is 4. The predicted octanol–water partition coefficient (Wildman–Crippen LogP) is 24.5. The third kappa shape index (κ3) is 13.7. The highest BCUT2D eigenvalue weighted by molar-refractivity contribution is 9.69. The Labute approximate surface area is 544 Å². The molecule has 8 aliphatic carbocycles. The van der Waals surface area contributed by atoms with E-state index in [4.69, 9.17) is 0 Å². The smallest absolute Gasteiger partial charge is 0.181 e. The molecule has 0 aliphatic heterocycles. The van der Waals surface area contributed by atoms with E-state index < -0.39 is 8.67 Å². The summed E-state index contributed by atoms with van der Waals surface area (Å²) in [6.07, 6.45) is 14.4. The molecule has 0 atom stereocenters. The standard InChI is InChI=1S/C34H24Br8.C10H12Br4.C6H4Br2.Al.3BrH/c35-23-1-19(2-24(36)9-23)31-13-32(20-3-25(37)10-26(38)4-20)16-33(14-31,21-5-27(39)11-28(40)6-21)18-34(15-31,17-32)22-7-29(41)12-30(42)8-22;11-7-1-8(12)4-9(13,2-7)6-10(14,3-7)5-8;7-5-2-1-3-6(8)4-5;;;;/h1-12H,13-18H2;1-6H2;1-4H;;3*1H/q;;;+3;;;/p-3. The van der Waals surface area contributed by atoms with Crippen molar-refractivity contribution in [3.63, 3.8) is 0 Å². The number of hydrogen-bond donors (Lipinski definition) is 0. The Bertz CT molecular complexity index is 2230. The van der Waals surface area contributed by atoms with Crippen LogP contribution in [-0.4, -0.2) is 26.0 Å². The number of rotatable bonds is 4. The van der Waals surface area contributed by atoms with Gasteiger partial charge in [0.2, 0.25) is 0 Å². The quantitative estimate of drug-likeness (QED) is 0.124. The van der Waals surface area contributed by atoms with Crippen LogP contribution in [0.2, 0.25) is 0 Å². The van der Waals surface area contributed by atoms with Crippen molar-refractivity contribution in [3.05, 3.63) is 164 Å². The van der Waals surface area contributed by atoms with Crippen LogP contribution in [0.1, 0.15) is 99.3 Å². The second-order valence-electron chi connectivity index (χ2n) is 20.2. The van der Waals surface area contributed by atoms with Crippen LogP contribution < -0.4 is 0 Å². The van der Waals surface area contributed by atoms with Crippen LogP contribution in [0.3, 0.4) is 0 Å². The molecule has 0 heterocycles. The van der Waals surface area contributed by atoms with Crippen molar-refractivity contribution in [2.24, 2.45) is 0 Å². The van der Waals surface area contributed by atoms with Gasteiger partial charge in [-0.1, -0.05) is 229 Å². The van der Waals surface area contributed by atoms with Crippen molar-refractivity contribution in [2.45, 2.75) is 116 Å². The maximum Gasteiger partial charge on any atom is 0.542 e. The molecular formula is C50H40AlBr17. The molecule has 8 aliphatic rings. The molecule has 5 aromatic rings. The van der Waals surface area contributed by atoms with Crippen LogP contribution in [-0.2, 0) is 21.7 Å². The van der Waals surface area contributed by atoms with Gasteiger partial charge < -0.3 is 0 Å². The second kappa shape index (κ2) is 22.7. The Morgan fingerprint density at radius 2 is 0.426 bits per heavy atom. The van der Waals surface area contributed by atoms with Crippen LogP contribution in [0.5, 0.6) is 0 Å². The minimum atomic E-state index is -0.701. The number of halogens is 17. The minimum absolute atomic E-state index is 0.0145. The largest absolute Gasteiger partial charge is 0.542 e. The molecule has 0 unspecified atom stereocenters. The highest BCUT2D eigenvalue weighted by atomic mass is 80.0. The van der Waals surface area contributed by atoms with Crippen LogP contribution in [0.25, 0.3) is 0 Å². The summed E-state index contributed by atoms with van der Waals surface area (Å²) in [5.41, 5.74) is 5.66. The highest BCUT2D eigenvalue weighted by Crippen LogP contribution is 2.76. The topological polar surface area (TPSA) is 0 Å². The molecule has 0 spiro atoms. The summed E-state index contributed by atoms with van der Waals surface area (Å²) in [5, 5.41) is 0. The molecule has 18 heteroatoms. The summed E-state index contributed by atoms with van der Waals surface area (Å²) in [7, 11) is -0.701. The fourth-order valence-electron chi connectivity index (χ4n) is 13.9. The lowest BCUT2D eigenvalue weighted by molar-refractivity contribution is -0.0693. The van der Waals surface area contributed by atoms with Crippen molar-refractivity contribution < 1.29 is 0 Å². The van der Waals surface area contributed by atoms with Gasteiger partial charge in [-0.15, -0.1) is 0 Å². The van der Waals surface area contributed by atoms with E-state index in [9.17, 15) is 0 Å². The van der Waals surface area contributed by atoms with Gasteiger partial charge in [-0.25, -0.2) is 0 Å². The first kappa shape index (κ1) is 58.9. The average molecular weight is 2030 g/mol. The summed E-state index contributed by atoms with van der Waals surface area (Å²) >= 11 is 63.1. The van der Waals surface area contributed by atoms with Crippen LogP contribution in [0.15, 0.2) is 142 Å². The van der Waals surface area contributed by atoms with Gasteiger partial charge in [-0.3, -0.25) is 0 Å². The lowest BCUT2D eigenvalue weighted by atomic mass is 9.32. The van der Waals surface area contributed by atoms with Gasteiger partial charge in [-0.2, -0.15) is 42.2 Å². The molecular weight excluding hydrogens is 1990 g/mol. The zero-order valence-corrected chi connectivity index (χ0v) is 63.8. The molecule has 0 nitrogen and oxygen atoms in total. The monoisotopic (exact) mass is 2010 g/mol. The molecule has 13 rings (SSSR count). The molecule has 0 N–H and O–H groups in total. The SMILES string of the molecule is BrC12CC3(Br)CC(Br)(C1)CC(Br)(C2)C3.Brc1cc(Br)cc(C23CC4(c5cc(Br)cc(Br)c5)CC(c5cc(Br)cc(Br)c5)(C2)CC(c2cc(Br)cc(Br)c2)(C3)C4)c1.Brc1cccc(Br)c1.[Br][Al]([Br])[Br]. The second-order valence-corrected chi connectivity index (χ2v) is 55.8. The van der Waals surface area contributed by atoms with E-state index in [1.165, 1.54) is 60.8 Å². The first-order valence-corrected chi connectivity index (χ1v) is 42.2. The highest BCUT2D eigenvalue weighted by Gasteiger charge is 2.70. The molecule has 0 radical (unpaired) electrons. The van der Waals surface area contributed by atoms with E-state index >= 15 is 0 Å². The van der Waals surface area contributed by atoms with Crippen molar-refractivity contribution >= 4 is 274 Å². The fourth-order valence-corrected chi connectivity index (χ4v) is 28.9. The summed E-state index contributed by atoms with van der Waals surface area (Å²) in [4.78, 5) is 0. The summed E-state index contributed by atoms with van der Waals surface area (Å²) in [6, 6.07) is 35.7. The van der Waals surface area contributed by atoms with E-state index in [0.29, 0.717) is 17.3 Å². The van der Waals surface area contributed by atoms with E-state index in [-0.39, 0.29) is 21.7 Å². The Balaban J connectivity index is 0.000000194. The van der Waals surface area contributed by atoms with Crippen LogP contribution in [0.4, 0.5) is 0 Å². The zero-order chi connectivity index (χ0) is 49.5. The first-order chi connectivity index (χ1) is 31.6. The van der Waals surface area contributed by atoms with Gasteiger partial charge in [0.05, 0.1) is 0 Å². The van der Waals surface area contributed by atoms with Gasteiger partial charge in [0.15, 0.2) is 0 Å². The Morgan fingerprint density at radius 1 is 0.265 bits per heavy atom. The van der Waals surface area contributed by atoms with Crippen molar-refractivity contribution in [1.82, 2.24) is 0 Å². The van der Waals surface area contributed by atoms with Crippen LogP contribution >= 0.6 is 265 Å². The summed E-state index contributed by atoms with van der Waals surface area (Å²) < 4.78 is 12.6. The average Bonchev–Trinajstić information content (AvgIpc) is 3.14. The van der Waals surface area contributed by atoms with Gasteiger partial charge in [0, 0.05) is 62.0 Å². The summed E-state index contributed by atoms with van der Waals surface area (Å²) in [5.74, 6) is 0. The van der Waals surface area contributed by atoms with Gasteiger partial charge >= 0.3 is 8.67 Å². The Hall–Kier alpha value is 4.79. The molecule has 68 heavy (non-hydrogen) atoms. The van der Waals surface area contributed by atoms with Gasteiger partial charge in [0.1, 0.15) is 0 Å². The minimum Gasteiger partial charge on any atom is -0.181 e. The van der Waals surface area contributed by atoms with Crippen molar-refractivity contribution in [1.29, 1.82) is 0 Å². The van der Waals surface area contributed by atoms with Gasteiger partial charge in [0.25, 0.3) is 0 Å². The van der Waals surface area contributed by atoms with Crippen molar-refractivity contribution in [3.8, 4) is 0 Å². The molecule has 8 saturated carbocycles. The molecule has 362 valence electrons. The third-order valence-corrected chi connectivity index (χ3v) is 22.6. The zero-order valence-electron chi connectivity index (χ0n) is 35.7. The molecule has 5 aromatic carbocycles. The van der Waals surface area contributed by atoms with E-state index in [1.54, 1.807) is 0 Å². The summed E-state index contributed by atoms with van der Waals surface area (Å²) in [6.45, 7) is 0. The van der Waals surface area contributed by atoms with E-state index in [1.807, 2.05) is 24.3 Å². The van der Waals surface area contributed by atoms with Crippen LogP contribution in [0, 0.1) is 0 Å². The lowest BCUT2D eigenvalue weighted by Gasteiger charge is -2.71.